The summed E-state index contributed by atoms with van der Waals surface area (Å²) < 4.78 is 43.2. The van der Waals surface area contributed by atoms with Gasteiger partial charge in [0.1, 0.15) is 11.9 Å². The fourth-order valence-electron chi connectivity index (χ4n) is 7.62. The zero-order valence-corrected chi connectivity index (χ0v) is 26.3. The van der Waals surface area contributed by atoms with Crippen molar-refractivity contribution < 1.29 is 27.8 Å². The molecule has 2 aromatic heterocycles. The van der Waals surface area contributed by atoms with Crippen LogP contribution in [0.3, 0.4) is 0 Å². The summed E-state index contributed by atoms with van der Waals surface area (Å²) in [5, 5.41) is 0. The molecule has 50 heavy (non-hydrogen) atoms. The molecule has 0 spiro atoms. The predicted octanol–water partition coefficient (Wildman–Crippen LogP) is 6.38. The number of halogens is 2. The van der Waals surface area contributed by atoms with Crippen molar-refractivity contribution in [3.8, 4) is 45.0 Å². The Kier molecular flexibility index (Phi) is 5.97. The lowest BCUT2D eigenvalue weighted by atomic mass is 9.98. The molecule has 0 saturated carbocycles. The van der Waals surface area contributed by atoms with Gasteiger partial charge in [-0.15, -0.1) is 0 Å². The first-order chi connectivity index (χ1) is 24.3. The Balaban J connectivity index is 0.886. The van der Waals surface area contributed by atoms with Crippen LogP contribution >= 0.6 is 0 Å². The molecule has 11 nitrogen and oxygen atoms in total. The Labute approximate surface area is 283 Å². The van der Waals surface area contributed by atoms with Crippen LogP contribution in [0.2, 0.25) is 0 Å². The van der Waals surface area contributed by atoms with Crippen LogP contribution in [0, 0.1) is 0 Å². The van der Waals surface area contributed by atoms with E-state index in [0.717, 1.165) is 27.7 Å². The maximum Gasteiger partial charge on any atom is 0.322 e. The van der Waals surface area contributed by atoms with Crippen molar-refractivity contribution in [1.82, 2.24) is 34.6 Å². The summed E-state index contributed by atoms with van der Waals surface area (Å²) in [6, 6.07) is 18.9. The van der Waals surface area contributed by atoms with Crippen LogP contribution in [0.25, 0.3) is 44.5 Å². The van der Waals surface area contributed by atoms with Crippen LogP contribution in [0.4, 0.5) is 13.6 Å². The molecular formula is C37H27F2N7O4. The predicted molar refractivity (Wildman–Crippen MR) is 177 cm³/mol. The van der Waals surface area contributed by atoms with Crippen LogP contribution in [0.5, 0.6) is 11.5 Å². The molecular weight excluding hydrogens is 644 g/mol. The van der Waals surface area contributed by atoms with E-state index in [4.69, 9.17) is 9.47 Å². The molecule has 13 heteroatoms. The van der Waals surface area contributed by atoms with E-state index in [0.29, 0.717) is 64.8 Å². The monoisotopic (exact) mass is 671 g/mol. The first-order valence-corrected chi connectivity index (χ1v) is 16.2. The van der Waals surface area contributed by atoms with Crippen LogP contribution in [-0.4, -0.2) is 67.1 Å². The van der Waals surface area contributed by atoms with Crippen molar-refractivity contribution in [2.75, 3.05) is 20.0 Å². The minimum absolute atomic E-state index is 0.0404. The van der Waals surface area contributed by atoms with Gasteiger partial charge in [-0.05, 0) is 69.8 Å². The van der Waals surface area contributed by atoms with Crippen molar-refractivity contribution >= 4 is 23.5 Å². The van der Waals surface area contributed by atoms with Crippen LogP contribution in [0.1, 0.15) is 34.1 Å². The summed E-state index contributed by atoms with van der Waals surface area (Å²) in [6.45, 7) is 1.36. The number of urea groups is 1. The molecule has 248 valence electrons. The fraction of sp³-hybridized carbons (Fsp3) is 0.189. The number of hydrogen-bond donors (Lipinski definition) is 2. The van der Waals surface area contributed by atoms with Gasteiger partial charge in [-0.3, -0.25) is 4.79 Å². The van der Waals surface area contributed by atoms with Gasteiger partial charge in [0.2, 0.25) is 13.2 Å². The fourth-order valence-corrected chi connectivity index (χ4v) is 7.62. The summed E-state index contributed by atoms with van der Waals surface area (Å²) in [4.78, 5) is 45.7. The van der Waals surface area contributed by atoms with Gasteiger partial charge in [0.25, 0.3) is 5.92 Å². The van der Waals surface area contributed by atoms with Gasteiger partial charge < -0.3 is 34.1 Å². The molecule has 2 N–H and O–H groups in total. The van der Waals surface area contributed by atoms with Crippen molar-refractivity contribution in [2.24, 2.45) is 0 Å². The Hall–Kier alpha value is -6.24. The number of carbonyl (C=O) groups is 2. The molecule has 1 atom stereocenters. The third-order valence-corrected chi connectivity index (χ3v) is 10.2. The summed E-state index contributed by atoms with van der Waals surface area (Å²) >= 11 is 0. The Morgan fingerprint density at radius 3 is 2.28 bits per heavy atom. The average molecular weight is 672 g/mol. The highest BCUT2D eigenvalue weighted by Gasteiger charge is 2.45. The van der Waals surface area contributed by atoms with Crippen molar-refractivity contribution in [1.29, 1.82) is 0 Å². The van der Waals surface area contributed by atoms with Crippen LogP contribution in [-0.2, 0) is 23.8 Å². The lowest BCUT2D eigenvalue weighted by Gasteiger charge is -2.23. The molecule has 0 radical (unpaired) electrons. The van der Waals surface area contributed by atoms with E-state index >= 15 is 8.78 Å². The molecule has 6 aromatic rings. The number of aromatic amines is 2. The number of imidazole rings is 2. The van der Waals surface area contributed by atoms with Gasteiger partial charge in [-0.2, -0.15) is 8.78 Å². The molecule has 4 aromatic carbocycles. The lowest BCUT2D eigenvalue weighted by molar-refractivity contribution is -0.119. The van der Waals surface area contributed by atoms with Gasteiger partial charge in [0, 0.05) is 29.8 Å². The lowest BCUT2D eigenvalue weighted by Crippen LogP contribution is -2.40. The first-order valence-electron chi connectivity index (χ1n) is 16.2. The third-order valence-electron chi connectivity index (χ3n) is 10.2. The number of ether oxygens (including phenoxy) is 2. The van der Waals surface area contributed by atoms with E-state index in [1.165, 1.54) is 11.0 Å². The molecule has 1 unspecified atom stereocenters. The zero-order chi connectivity index (χ0) is 33.7. The van der Waals surface area contributed by atoms with Gasteiger partial charge in [-0.1, -0.05) is 30.3 Å². The highest BCUT2D eigenvalue weighted by Crippen LogP contribution is 2.52. The number of aromatic nitrogens is 4. The number of benzene rings is 4. The molecule has 10 rings (SSSR count). The normalized spacial score (nSPS) is 18.1. The maximum absolute atomic E-state index is 16.1. The van der Waals surface area contributed by atoms with Gasteiger partial charge in [0.15, 0.2) is 11.5 Å². The summed E-state index contributed by atoms with van der Waals surface area (Å²) in [5.41, 5.74) is 7.08. The SMILES string of the molecule is O=CN1CN(C(=O)N2Cc3cc4c(cc3C2)OCO4)CC1c1ncc(-c2ccc3c(c2)C(F)(F)c2cc(-c4ccc5nc[nH]c5c4)ccc2-3)[nH]1. The number of alkyl halides is 2. The Morgan fingerprint density at radius 1 is 0.860 bits per heavy atom. The summed E-state index contributed by atoms with van der Waals surface area (Å²) in [5.74, 6) is -1.41. The third kappa shape index (κ3) is 4.25. The molecule has 3 amide bonds. The molecule has 1 aliphatic carbocycles. The van der Waals surface area contributed by atoms with E-state index in [-0.39, 0.29) is 37.2 Å². The van der Waals surface area contributed by atoms with E-state index in [2.05, 4.69) is 19.9 Å². The highest BCUT2D eigenvalue weighted by molar-refractivity contribution is 5.86. The van der Waals surface area contributed by atoms with Gasteiger partial charge in [-0.25, -0.2) is 14.8 Å². The number of H-pyrrole nitrogens is 2. The number of amides is 3. The second kappa shape index (κ2) is 10.4. The van der Waals surface area contributed by atoms with Crippen LogP contribution < -0.4 is 9.47 Å². The topological polar surface area (TPSA) is 120 Å². The standard InChI is InChI=1S/C37H27F2N7O4/c38-37(39)27-7-20(21-3-6-29-30(9-21)42-16-41-29)1-4-25(27)26-5-2-22(8-28(26)37)31-12-40-35(43-31)32-15-45(17-46(32)18-47)36(48)44-13-23-10-33-34(50-19-49-33)11-24(23)14-44/h1-12,16,18,32H,13-15,17,19H2,(H,40,43)(H,41,42). The van der Waals surface area contributed by atoms with Crippen molar-refractivity contribution in [3.63, 3.8) is 0 Å². The maximum atomic E-state index is 16.1. The molecule has 1 saturated heterocycles. The van der Waals surface area contributed by atoms with Crippen LogP contribution in [0.15, 0.2) is 79.3 Å². The molecule has 1 fully saturated rings. The van der Waals surface area contributed by atoms with E-state index < -0.39 is 12.0 Å². The number of rotatable bonds is 4. The second-order valence-corrected chi connectivity index (χ2v) is 13.0. The van der Waals surface area contributed by atoms with E-state index in [9.17, 15) is 9.59 Å². The largest absolute Gasteiger partial charge is 0.454 e. The first kappa shape index (κ1) is 28.7. The van der Waals surface area contributed by atoms with Crippen molar-refractivity contribution in [2.45, 2.75) is 25.1 Å². The average Bonchev–Trinajstić information content (AvgIpc) is 3.98. The molecule has 5 heterocycles. The Morgan fingerprint density at radius 2 is 1.54 bits per heavy atom. The minimum atomic E-state index is -3.21. The number of hydrogen-bond acceptors (Lipinski definition) is 6. The number of fused-ring (bicyclic) bond motifs is 6. The number of carbonyl (C=O) groups excluding carboxylic acids is 2. The highest BCUT2D eigenvalue weighted by atomic mass is 19.3. The molecule has 0 bridgehead atoms. The van der Waals surface area contributed by atoms with E-state index in [1.54, 1.807) is 46.6 Å². The number of nitrogens with one attached hydrogen (secondary N) is 2. The van der Waals surface area contributed by atoms with Gasteiger partial charge in [0.05, 0.1) is 42.5 Å². The Bertz CT molecular complexity index is 2370. The smallest absolute Gasteiger partial charge is 0.322 e. The summed E-state index contributed by atoms with van der Waals surface area (Å²) in [6.07, 6.45) is 3.89. The quantitative estimate of drug-likeness (QED) is 0.210. The molecule has 4 aliphatic rings. The van der Waals surface area contributed by atoms with Gasteiger partial charge >= 0.3 is 6.03 Å². The second-order valence-electron chi connectivity index (χ2n) is 13.0. The van der Waals surface area contributed by atoms with Crippen molar-refractivity contribution in [3.05, 3.63) is 107 Å². The summed E-state index contributed by atoms with van der Waals surface area (Å²) in [7, 11) is 0. The van der Waals surface area contributed by atoms with E-state index in [1.807, 2.05) is 36.4 Å². The number of nitrogens with zero attached hydrogens (tertiary/aromatic N) is 5. The molecule has 3 aliphatic heterocycles. The zero-order valence-electron chi connectivity index (χ0n) is 26.3. The minimum Gasteiger partial charge on any atom is -0.454 e.